The molecule has 0 fully saturated rings. The summed E-state index contributed by atoms with van der Waals surface area (Å²) in [4.78, 5) is 11.4. The second kappa shape index (κ2) is 3.23. The molecule has 0 saturated heterocycles. The van der Waals surface area contributed by atoms with Crippen LogP contribution in [0.15, 0.2) is 22.7 Å². The standard InChI is InChI=1S/C10H10N2O2/c1-6-7-3-2-4-8(9(13)5-11)10(7)14-12-6/h2-4H,5,11H2,1H3. The van der Waals surface area contributed by atoms with Crippen LogP contribution in [0.4, 0.5) is 0 Å². The minimum Gasteiger partial charge on any atom is -0.355 e. The van der Waals surface area contributed by atoms with Crippen molar-refractivity contribution in [3.05, 3.63) is 29.5 Å². The van der Waals surface area contributed by atoms with E-state index in [2.05, 4.69) is 5.16 Å². The number of fused-ring (bicyclic) bond motifs is 1. The molecular formula is C10H10N2O2. The SMILES string of the molecule is Cc1noc2c(C(=O)CN)cccc12. The quantitative estimate of drug-likeness (QED) is 0.724. The van der Waals surface area contributed by atoms with Crippen LogP contribution in [-0.4, -0.2) is 17.5 Å². The Bertz CT molecular complexity index is 488. The summed E-state index contributed by atoms with van der Waals surface area (Å²) >= 11 is 0. The lowest BCUT2D eigenvalue weighted by Gasteiger charge is -1.96. The predicted octanol–water partition coefficient (Wildman–Crippen LogP) is 1.28. The van der Waals surface area contributed by atoms with Gasteiger partial charge in [0.1, 0.15) is 0 Å². The van der Waals surface area contributed by atoms with Gasteiger partial charge in [0.2, 0.25) is 0 Å². The monoisotopic (exact) mass is 190 g/mol. The molecule has 0 unspecified atom stereocenters. The first-order valence-electron chi connectivity index (χ1n) is 4.32. The molecule has 1 aromatic heterocycles. The molecule has 2 N–H and O–H groups in total. The lowest BCUT2D eigenvalue weighted by Crippen LogP contribution is -2.13. The van der Waals surface area contributed by atoms with Crippen LogP contribution in [0.3, 0.4) is 0 Å². The number of aryl methyl sites for hydroxylation is 1. The van der Waals surface area contributed by atoms with Gasteiger partial charge in [0.15, 0.2) is 11.4 Å². The first kappa shape index (κ1) is 8.90. The third-order valence-corrected chi connectivity index (χ3v) is 2.16. The van der Waals surface area contributed by atoms with E-state index in [-0.39, 0.29) is 12.3 Å². The van der Waals surface area contributed by atoms with Crippen LogP contribution < -0.4 is 5.73 Å². The van der Waals surface area contributed by atoms with Crippen LogP contribution in [-0.2, 0) is 0 Å². The molecule has 0 amide bonds. The molecule has 2 rings (SSSR count). The molecule has 4 nitrogen and oxygen atoms in total. The molecule has 0 aliphatic heterocycles. The first-order chi connectivity index (χ1) is 6.74. The van der Waals surface area contributed by atoms with Crippen molar-refractivity contribution in [2.24, 2.45) is 5.73 Å². The highest BCUT2D eigenvalue weighted by molar-refractivity contribution is 6.07. The van der Waals surface area contributed by atoms with E-state index in [9.17, 15) is 4.79 Å². The maximum atomic E-state index is 11.4. The molecule has 1 aromatic carbocycles. The number of ketones is 1. The molecule has 0 spiro atoms. The Balaban J connectivity index is 2.71. The average molecular weight is 190 g/mol. The van der Waals surface area contributed by atoms with E-state index in [4.69, 9.17) is 10.3 Å². The fourth-order valence-corrected chi connectivity index (χ4v) is 1.41. The molecule has 0 aliphatic carbocycles. The first-order valence-corrected chi connectivity index (χ1v) is 4.32. The van der Waals surface area contributed by atoms with Crippen molar-refractivity contribution in [2.75, 3.05) is 6.54 Å². The molecule has 2 aromatic rings. The third-order valence-electron chi connectivity index (χ3n) is 2.16. The molecule has 1 heterocycles. The van der Waals surface area contributed by atoms with Crippen LogP contribution in [0.1, 0.15) is 16.1 Å². The van der Waals surface area contributed by atoms with E-state index in [1.54, 1.807) is 12.1 Å². The number of carbonyl (C=O) groups excluding carboxylic acids is 1. The van der Waals surface area contributed by atoms with Crippen molar-refractivity contribution >= 4 is 16.8 Å². The zero-order chi connectivity index (χ0) is 10.1. The maximum Gasteiger partial charge on any atom is 0.180 e. The summed E-state index contributed by atoms with van der Waals surface area (Å²) in [6.45, 7) is 1.82. The van der Waals surface area contributed by atoms with Gasteiger partial charge in [0, 0.05) is 5.39 Å². The minimum absolute atomic E-state index is 0.0150. The third kappa shape index (κ3) is 1.20. The van der Waals surface area contributed by atoms with Crippen molar-refractivity contribution in [3.8, 4) is 0 Å². The number of hydrogen-bond donors (Lipinski definition) is 1. The number of benzene rings is 1. The van der Waals surface area contributed by atoms with Gasteiger partial charge in [0.25, 0.3) is 0 Å². The van der Waals surface area contributed by atoms with Crippen LogP contribution in [0, 0.1) is 6.92 Å². The van der Waals surface area contributed by atoms with Gasteiger partial charge in [-0.1, -0.05) is 11.2 Å². The largest absolute Gasteiger partial charge is 0.355 e. The highest BCUT2D eigenvalue weighted by Crippen LogP contribution is 2.21. The molecule has 4 heteroatoms. The van der Waals surface area contributed by atoms with Crippen LogP contribution in [0.25, 0.3) is 11.0 Å². The van der Waals surface area contributed by atoms with Crippen molar-refractivity contribution in [1.29, 1.82) is 0 Å². The van der Waals surface area contributed by atoms with E-state index in [0.717, 1.165) is 11.1 Å². The Labute approximate surface area is 80.7 Å². The number of nitrogens with zero attached hydrogens (tertiary/aromatic N) is 1. The summed E-state index contributed by atoms with van der Waals surface area (Å²) in [7, 11) is 0. The van der Waals surface area contributed by atoms with Crippen molar-refractivity contribution in [1.82, 2.24) is 5.16 Å². The zero-order valence-corrected chi connectivity index (χ0v) is 7.78. The van der Waals surface area contributed by atoms with Crippen molar-refractivity contribution in [3.63, 3.8) is 0 Å². The summed E-state index contributed by atoms with van der Waals surface area (Å²) in [5.41, 5.74) is 7.11. The van der Waals surface area contributed by atoms with Crippen molar-refractivity contribution in [2.45, 2.75) is 6.92 Å². The summed E-state index contributed by atoms with van der Waals surface area (Å²) in [6, 6.07) is 5.37. The van der Waals surface area contributed by atoms with Gasteiger partial charge in [-0.25, -0.2) is 0 Å². The summed E-state index contributed by atoms with van der Waals surface area (Å²) in [5, 5.41) is 4.67. The van der Waals surface area contributed by atoms with Crippen molar-refractivity contribution < 1.29 is 9.32 Å². The summed E-state index contributed by atoms with van der Waals surface area (Å²) in [5.74, 6) is -0.133. The Morgan fingerprint density at radius 2 is 2.36 bits per heavy atom. The number of carbonyl (C=O) groups is 1. The Morgan fingerprint density at radius 3 is 3.07 bits per heavy atom. The van der Waals surface area contributed by atoms with E-state index in [1.807, 2.05) is 13.0 Å². The average Bonchev–Trinajstić information content (AvgIpc) is 2.59. The highest BCUT2D eigenvalue weighted by Gasteiger charge is 2.13. The maximum absolute atomic E-state index is 11.4. The normalized spacial score (nSPS) is 10.7. The lowest BCUT2D eigenvalue weighted by molar-refractivity contribution is 0.100. The second-order valence-corrected chi connectivity index (χ2v) is 3.08. The van der Waals surface area contributed by atoms with Gasteiger partial charge in [-0.2, -0.15) is 0 Å². The fourth-order valence-electron chi connectivity index (χ4n) is 1.41. The summed E-state index contributed by atoms with van der Waals surface area (Å²) < 4.78 is 5.08. The van der Waals surface area contributed by atoms with E-state index in [1.165, 1.54) is 0 Å². The van der Waals surface area contributed by atoms with Crippen LogP contribution in [0.2, 0.25) is 0 Å². The molecule has 0 atom stereocenters. The molecule has 0 aliphatic rings. The molecular weight excluding hydrogens is 180 g/mol. The number of para-hydroxylation sites is 1. The number of rotatable bonds is 2. The van der Waals surface area contributed by atoms with Gasteiger partial charge in [0.05, 0.1) is 17.8 Å². The summed E-state index contributed by atoms with van der Waals surface area (Å²) in [6.07, 6.45) is 0. The molecule has 0 saturated carbocycles. The predicted molar refractivity (Wildman–Crippen MR) is 52.1 cm³/mol. The minimum atomic E-state index is -0.133. The van der Waals surface area contributed by atoms with Gasteiger partial charge in [-0.05, 0) is 19.1 Å². The van der Waals surface area contributed by atoms with Crippen LogP contribution in [0.5, 0.6) is 0 Å². The molecule has 0 bridgehead atoms. The molecule has 72 valence electrons. The fraction of sp³-hybridized carbons (Fsp3) is 0.200. The number of hydrogen-bond acceptors (Lipinski definition) is 4. The number of Topliss-reactive ketones (excluding diaryl/α,β-unsaturated/α-hetero) is 1. The smallest absolute Gasteiger partial charge is 0.180 e. The lowest BCUT2D eigenvalue weighted by atomic mass is 10.1. The van der Waals surface area contributed by atoms with Gasteiger partial charge < -0.3 is 10.3 Å². The van der Waals surface area contributed by atoms with E-state index < -0.39 is 0 Å². The Kier molecular flexibility index (Phi) is 2.05. The van der Waals surface area contributed by atoms with E-state index in [0.29, 0.717) is 11.1 Å². The zero-order valence-electron chi connectivity index (χ0n) is 7.78. The number of aromatic nitrogens is 1. The highest BCUT2D eigenvalue weighted by atomic mass is 16.5. The Morgan fingerprint density at radius 1 is 1.57 bits per heavy atom. The van der Waals surface area contributed by atoms with Gasteiger partial charge >= 0.3 is 0 Å². The second-order valence-electron chi connectivity index (χ2n) is 3.08. The molecule has 14 heavy (non-hydrogen) atoms. The van der Waals surface area contributed by atoms with Gasteiger partial charge in [-0.15, -0.1) is 0 Å². The van der Waals surface area contributed by atoms with Crippen LogP contribution >= 0.6 is 0 Å². The topological polar surface area (TPSA) is 69.1 Å². The van der Waals surface area contributed by atoms with E-state index >= 15 is 0 Å². The van der Waals surface area contributed by atoms with Gasteiger partial charge in [-0.3, -0.25) is 4.79 Å². The Hall–Kier alpha value is -1.68. The molecule has 0 radical (unpaired) electrons. The number of nitrogens with two attached hydrogens (primary N) is 1.